The van der Waals surface area contributed by atoms with Crippen molar-refractivity contribution in [3.05, 3.63) is 65.0 Å². The number of nitrogens with one attached hydrogen (secondary N) is 1. The van der Waals surface area contributed by atoms with Gasteiger partial charge < -0.3 is 5.32 Å². The van der Waals surface area contributed by atoms with Crippen LogP contribution in [0.15, 0.2) is 59.4 Å². The summed E-state index contributed by atoms with van der Waals surface area (Å²) in [5, 5.41) is 4.24. The second-order valence-electron chi connectivity index (χ2n) is 5.07. The monoisotopic (exact) mass is 307 g/mol. The maximum absolute atomic E-state index is 12.6. The molecule has 108 valence electrons. The lowest BCUT2D eigenvalue weighted by molar-refractivity contribution is 0.859. The molecular formula is C17H13N3OS. The first-order valence-electron chi connectivity index (χ1n) is 6.94. The number of para-hydroxylation sites is 1. The number of aromatic nitrogens is 2. The van der Waals surface area contributed by atoms with Crippen LogP contribution in [-0.2, 0) is 7.05 Å². The summed E-state index contributed by atoms with van der Waals surface area (Å²) in [6.45, 7) is 0. The highest BCUT2D eigenvalue weighted by Gasteiger charge is 2.13. The van der Waals surface area contributed by atoms with Gasteiger partial charge in [0.2, 0.25) is 5.95 Å². The molecule has 4 nitrogen and oxygen atoms in total. The molecule has 2 aromatic heterocycles. The number of benzene rings is 2. The molecule has 0 bridgehead atoms. The van der Waals surface area contributed by atoms with Crippen molar-refractivity contribution < 1.29 is 0 Å². The summed E-state index contributed by atoms with van der Waals surface area (Å²) in [5.41, 5.74) is 1.65. The van der Waals surface area contributed by atoms with E-state index in [1.165, 1.54) is 11.3 Å². The number of hydrogen-bond donors (Lipinski definition) is 1. The lowest BCUT2D eigenvalue weighted by Gasteiger charge is -2.09. The Balaban J connectivity index is 1.97. The molecule has 0 unspecified atom stereocenters. The second kappa shape index (κ2) is 4.96. The van der Waals surface area contributed by atoms with Crippen LogP contribution in [0.25, 0.3) is 20.3 Å². The molecular weight excluding hydrogens is 294 g/mol. The lowest BCUT2D eigenvalue weighted by atomic mass is 10.2. The van der Waals surface area contributed by atoms with E-state index in [-0.39, 0.29) is 5.56 Å². The Morgan fingerprint density at radius 3 is 2.59 bits per heavy atom. The Labute approximate surface area is 130 Å². The van der Waals surface area contributed by atoms with E-state index in [1.807, 2.05) is 54.6 Å². The van der Waals surface area contributed by atoms with Crippen molar-refractivity contribution in [3.63, 3.8) is 0 Å². The number of rotatable bonds is 2. The predicted molar refractivity (Wildman–Crippen MR) is 92.1 cm³/mol. The number of hydrogen-bond acceptors (Lipinski definition) is 4. The fourth-order valence-electron chi connectivity index (χ4n) is 2.48. The van der Waals surface area contributed by atoms with Crippen LogP contribution in [0, 0.1) is 0 Å². The Morgan fingerprint density at radius 1 is 1.05 bits per heavy atom. The van der Waals surface area contributed by atoms with Gasteiger partial charge in [0.05, 0.1) is 5.52 Å². The lowest BCUT2D eigenvalue weighted by Crippen LogP contribution is -2.20. The van der Waals surface area contributed by atoms with Gasteiger partial charge in [-0.3, -0.25) is 9.36 Å². The van der Waals surface area contributed by atoms with Gasteiger partial charge in [-0.15, -0.1) is 11.3 Å². The average Bonchev–Trinajstić information content (AvgIpc) is 2.92. The van der Waals surface area contributed by atoms with E-state index in [9.17, 15) is 4.79 Å². The molecule has 2 aromatic carbocycles. The Bertz CT molecular complexity index is 1030. The molecule has 0 atom stereocenters. The highest BCUT2D eigenvalue weighted by Crippen LogP contribution is 2.31. The van der Waals surface area contributed by atoms with Crippen molar-refractivity contribution >= 4 is 43.3 Å². The van der Waals surface area contributed by atoms with E-state index in [4.69, 9.17) is 0 Å². The molecule has 1 N–H and O–H groups in total. The molecule has 0 aliphatic carbocycles. The van der Waals surface area contributed by atoms with E-state index in [2.05, 4.69) is 10.3 Å². The van der Waals surface area contributed by atoms with Gasteiger partial charge in [-0.2, -0.15) is 0 Å². The molecule has 4 rings (SSSR count). The minimum Gasteiger partial charge on any atom is -0.326 e. The van der Waals surface area contributed by atoms with E-state index in [0.717, 1.165) is 21.3 Å². The van der Waals surface area contributed by atoms with Crippen LogP contribution >= 0.6 is 11.3 Å². The van der Waals surface area contributed by atoms with Gasteiger partial charge in [-0.05, 0) is 18.2 Å². The zero-order chi connectivity index (χ0) is 15.1. The first-order chi connectivity index (χ1) is 10.7. The van der Waals surface area contributed by atoms with Gasteiger partial charge in [-0.25, -0.2) is 4.98 Å². The van der Waals surface area contributed by atoms with Crippen LogP contribution in [-0.4, -0.2) is 9.55 Å². The molecule has 0 amide bonds. The van der Waals surface area contributed by atoms with Crippen LogP contribution in [0.1, 0.15) is 0 Å². The molecule has 5 heteroatoms. The van der Waals surface area contributed by atoms with Gasteiger partial charge in [-0.1, -0.05) is 36.4 Å². The van der Waals surface area contributed by atoms with Gasteiger partial charge in [0.25, 0.3) is 5.56 Å². The second-order valence-corrected chi connectivity index (χ2v) is 6.12. The fraction of sp³-hybridized carbons (Fsp3) is 0.0588. The Hall–Kier alpha value is -2.66. The normalized spacial score (nSPS) is 11.1. The Kier molecular flexibility index (Phi) is 2.94. The predicted octanol–water partition coefficient (Wildman–Crippen LogP) is 3.89. The molecule has 0 radical (unpaired) electrons. The quantitative estimate of drug-likeness (QED) is 0.611. The van der Waals surface area contributed by atoms with Crippen LogP contribution in [0.2, 0.25) is 0 Å². The molecule has 0 saturated heterocycles. The van der Waals surface area contributed by atoms with E-state index < -0.39 is 0 Å². The van der Waals surface area contributed by atoms with E-state index in [1.54, 1.807) is 11.6 Å². The summed E-state index contributed by atoms with van der Waals surface area (Å²) < 4.78 is 3.34. The van der Waals surface area contributed by atoms with E-state index in [0.29, 0.717) is 10.6 Å². The third-order valence-corrected chi connectivity index (χ3v) is 4.78. The third kappa shape index (κ3) is 1.98. The van der Waals surface area contributed by atoms with Crippen LogP contribution < -0.4 is 10.9 Å². The highest BCUT2D eigenvalue weighted by molar-refractivity contribution is 7.25. The summed E-state index contributed by atoms with van der Waals surface area (Å²) in [5.74, 6) is 0.548. The molecule has 0 spiro atoms. The molecule has 0 aliphatic rings. The van der Waals surface area contributed by atoms with Gasteiger partial charge in [0.1, 0.15) is 4.70 Å². The maximum atomic E-state index is 12.6. The molecule has 0 saturated carbocycles. The summed E-state index contributed by atoms with van der Waals surface area (Å²) in [4.78, 5) is 17.3. The van der Waals surface area contributed by atoms with Crippen molar-refractivity contribution in [1.82, 2.24) is 9.55 Å². The molecule has 4 aromatic rings. The number of anilines is 2. The van der Waals surface area contributed by atoms with Gasteiger partial charge >= 0.3 is 0 Å². The van der Waals surface area contributed by atoms with Crippen LogP contribution in [0.5, 0.6) is 0 Å². The Morgan fingerprint density at radius 2 is 1.77 bits per heavy atom. The zero-order valence-corrected chi connectivity index (χ0v) is 12.7. The van der Waals surface area contributed by atoms with Crippen LogP contribution in [0.4, 0.5) is 11.6 Å². The minimum atomic E-state index is -0.0235. The average molecular weight is 307 g/mol. The standard InChI is InChI=1S/C17H13N3OS/c1-20-16(21)15-14(12-9-5-6-10-13(12)22-15)19-17(20)18-11-7-3-2-4-8-11/h2-10H,1H3,(H,18,19). The maximum Gasteiger partial charge on any atom is 0.272 e. The molecule has 0 aliphatic heterocycles. The fourth-order valence-corrected chi connectivity index (χ4v) is 3.60. The first-order valence-corrected chi connectivity index (χ1v) is 7.76. The summed E-state index contributed by atoms with van der Waals surface area (Å²) >= 11 is 1.49. The largest absolute Gasteiger partial charge is 0.326 e. The SMILES string of the molecule is Cn1c(Nc2ccccc2)nc2c(sc3ccccc32)c1=O. The number of thiophene rings is 1. The van der Waals surface area contributed by atoms with Crippen molar-refractivity contribution in [2.45, 2.75) is 0 Å². The number of nitrogens with zero attached hydrogens (tertiary/aromatic N) is 2. The zero-order valence-electron chi connectivity index (χ0n) is 11.9. The topological polar surface area (TPSA) is 46.9 Å². The highest BCUT2D eigenvalue weighted by atomic mass is 32.1. The van der Waals surface area contributed by atoms with Crippen molar-refractivity contribution in [1.29, 1.82) is 0 Å². The van der Waals surface area contributed by atoms with Gasteiger partial charge in [0.15, 0.2) is 0 Å². The molecule has 2 heterocycles. The van der Waals surface area contributed by atoms with Crippen molar-refractivity contribution in [2.75, 3.05) is 5.32 Å². The van der Waals surface area contributed by atoms with E-state index >= 15 is 0 Å². The number of fused-ring (bicyclic) bond motifs is 3. The first kappa shape index (κ1) is 13.0. The molecule has 0 fully saturated rings. The summed E-state index contributed by atoms with van der Waals surface area (Å²) in [7, 11) is 1.74. The smallest absolute Gasteiger partial charge is 0.272 e. The molecule has 22 heavy (non-hydrogen) atoms. The van der Waals surface area contributed by atoms with Crippen molar-refractivity contribution in [3.8, 4) is 0 Å². The third-order valence-electron chi connectivity index (χ3n) is 3.63. The van der Waals surface area contributed by atoms with Crippen LogP contribution in [0.3, 0.4) is 0 Å². The summed E-state index contributed by atoms with van der Waals surface area (Å²) in [6, 6.07) is 17.7. The van der Waals surface area contributed by atoms with Crippen molar-refractivity contribution in [2.24, 2.45) is 7.05 Å². The van der Waals surface area contributed by atoms with Gasteiger partial charge in [0, 0.05) is 22.8 Å². The summed E-state index contributed by atoms with van der Waals surface area (Å²) in [6.07, 6.45) is 0. The minimum absolute atomic E-state index is 0.0235.